The molecular formula is C32H40N2O3. The van der Waals surface area contributed by atoms with Crippen molar-refractivity contribution >= 4 is 11.8 Å². The number of rotatable bonds is 11. The smallest absolute Gasteiger partial charge is 0.261 e. The minimum Gasteiger partial charge on any atom is -0.484 e. The van der Waals surface area contributed by atoms with E-state index in [2.05, 4.69) is 26.1 Å². The van der Waals surface area contributed by atoms with Crippen LogP contribution in [0.3, 0.4) is 0 Å². The Bertz CT molecular complexity index is 1130. The summed E-state index contributed by atoms with van der Waals surface area (Å²) in [7, 11) is 0. The highest BCUT2D eigenvalue weighted by Gasteiger charge is 2.30. The van der Waals surface area contributed by atoms with Crippen LogP contribution in [0, 0.1) is 6.92 Å². The number of ether oxygens (including phenoxy) is 1. The van der Waals surface area contributed by atoms with Crippen molar-refractivity contribution in [2.75, 3.05) is 13.2 Å². The average molecular weight is 501 g/mol. The monoisotopic (exact) mass is 500 g/mol. The average Bonchev–Trinajstić information content (AvgIpc) is 2.89. The van der Waals surface area contributed by atoms with Gasteiger partial charge in [0.15, 0.2) is 6.61 Å². The molecule has 0 unspecified atom stereocenters. The minimum absolute atomic E-state index is 0.0374. The number of carbonyl (C=O) groups is 2. The highest BCUT2D eigenvalue weighted by atomic mass is 16.5. The Morgan fingerprint density at radius 1 is 0.892 bits per heavy atom. The number of amides is 2. The van der Waals surface area contributed by atoms with Gasteiger partial charge in [0, 0.05) is 19.5 Å². The lowest BCUT2D eigenvalue weighted by molar-refractivity contribution is -0.142. The summed E-state index contributed by atoms with van der Waals surface area (Å²) in [5.74, 6) is 0.250. The van der Waals surface area contributed by atoms with E-state index in [1.165, 1.54) is 5.56 Å². The molecule has 0 fully saturated rings. The lowest BCUT2D eigenvalue weighted by atomic mass is 9.87. The van der Waals surface area contributed by atoms with Crippen molar-refractivity contribution in [1.29, 1.82) is 0 Å². The van der Waals surface area contributed by atoms with Crippen molar-refractivity contribution in [3.63, 3.8) is 0 Å². The fraction of sp³-hybridized carbons (Fsp3) is 0.375. The second-order valence-corrected chi connectivity index (χ2v) is 10.6. The van der Waals surface area contributed by atoms with Gasteiger partial charge in [-0.25, -0.2) is 0 Å². The Labute approximate surface area is 221 Å². The highest BCUT2D eigenvalue weighted by molar-refractivity contribution is 5.88. The molecule has 3 rings (SSSR count). The molecule has 5 heteroatoms. The predicted octanol–water partition coefficient (Wildman–Crippen LogP) is 5.84. The van der Waals surface area contributed by atoms with Crippen LogP contribution in [0.15, 0.2) is 78.9 Å². The Morgan fingerprint density at radius 2 is 1.54 bits per heavy atom. The first kappa shape index (κ1) is 28.0. The number of benzene rings is 3. The zero-order chi connectivity index (χ0) is 26.8. The third kappa shape index (κ3) is 8.49. The van der Waals surface area contributed by atoms with Crippen molar-refractivity contribution in [2.45, 2.75) is 65.5 Å². The van der Waals surface area contributed by atoms with Crippen LogP contribution in [0.4, 0.5) is 0 Å². The second-order valence-electron chi connectivity index (χ2n) is 10.6. The summed E-state index contributed by atoms with van der Waals surface area (Å²) in [6.45, 7) is 11.3. The number of hydrogen-bond acceptors (Lipinski definition) is 3. The third-order valence-electron chi connectivity index (χ3n) is 6.38. The van der Waals surface area contributed by atoms with E-state index in [1.807, 2.05) is 92.7 Å². The van der Waals surface area contributed by atoms with E-state index >= 15 is 0 Å². The first-order chi connectivity index (χ1) is 17.7. The van der Waals surface area contributed by atoms with E-state index in [1.54, 1.807) is 4.90 Å². The Hall–Kier alpha value is -3.60. The highest BCUT2D eigenvalue weighted by Crippen LogP contribution is 2.24. The molecule has 196 valence electrons. The summed E-state index contributed by atoms with van der Waals surface area (Å²) >= 11 is 0. The summed E-state index contributed by atoms with van der Waals surface area (Å²) in [5, 5.41) is 3.00. The molecule has 0 heterocycles. The van der Waals surface area contributed by atoms with Crippen LogP contribution in [-0.2, 0) is 28.0 Å². The maximum Gasteiger partial charge on any atom is 0.261 e. The lowest BCUT2D eigenvalue weighted by Crippen LogP contribution is -2.51. The summed E-state index contributed by atoms with van der Waals surface area (Å²) in [5.41, 5.74) is 4.35. The van der Waals surface area contributed by atoms with Crippen molar-refractivity contribution in [1.82, 2.24) is 10.2 Å². The van der Waals surface area contributed by atoms with Gasteiger partial charge in [0.2, 0.25) is 5.91 Å². The van der Waals surface area contributed by atoms with E-state index in [0.29, 0.717) is 25.3 Å². The summed E-state index contributed by atoms with van der Waals surface area (Å²) in [6.07, 6.45) is 1.25. The fourth-order valence-corrected chi connectivity index (χ4v) is 4.09. The van der Waals surface area contributed by atoms with Crippen LogP contribution in [0.25, 0.3) is 0 Å². The van der Waals surface area contributed by atoms with E-state index in [0.717, 1.165) is 23.1 Å². The largest absolute Gasteiger partial charge is 0.484 e. The minimum atomic E-state index is -0.658. The molecule has 1 N–H and O–H groups in total. The van der Waals surface area contributed by atoms with Gasteiger partial charge in [-0.15, -0.1) is 0 Å². The molecule has 0 radical (unpaired) electrons. The number of carbonyl (C=O) groups excluding carboxylic acids is 2. The second kappa shape index (κ2) is 13.1. The van der Waals surface area contributed by atoms with Crippen molar-refractivity contribution in [2.24, 2.45) is 0 Å². The Balaban J connectivity index is 1.85. The number of hydrogen-bond donors (Lipinski definition) is 1. The molecule has 0 bridgehead atoms. The topological polar surface area (TPSA) is 58.6 Å². The molecule has 5 nitrogen and oxygen atoms in total. The fourth-order valence-electron chi connectivity index (χ4n) is 4.09. The van der Waals surface area contributed by atoms with Gasteiger partial charge in [-0.2, -0.15) is 0 Å². The molecule has 0 saturated carbocycles. The maximum absolute atomic E-state index is 13.6. The van der Waals surface area contributed by atoms with Crippen molar-refractivity contribution < 1.29 is 14.3 Å². The molecule has 0 aromatic heterocycles. The lowest BCUT2D eigenvalue weighted by Gasteiger charge is -2.31. The van der Waals surface area contributed by atoms with Crippen molar-refractivity contribution in [3.05, 3.63) is 101 Å². The molecule has 2 amide bonds. The first-order valence-electron chi connectivity index (χ1n) is 13.1. The molecule has 3 aromatic rings. The summed E-state index contributed by atoms with van der Waals surface area (Å²) in [4.78, 5) is 28.7. The number of nitrogens with one attached hydrogen (secondary N) is 1. The van der Waals surface area contributed by atoms with E-state index < -0.39 is 6.04 Å². The van der Waals surface area contributed by atoms with E-state index in [-0.39, 0.29) is 23.8 Å². The summed E-state index contributed by atoms with van der Waals surface area (Å²) in [6, 6.07) is 25.1. The van der Waals surface area contributed by atoms with Gasteiger partial charge in [-0.3, -0.25) is 9.59 Å². The molecule has 0 saturated heterocycles. The standard InChI is InChI=1S/C32H40N2O3/c1-6-20-33-31(36)29(21-25-10-8-7-9-11-25)34(22-26-14-12-24(2)13-15-26)30(35)23-37-28-18-16-27(17-19-28)32(3,4)5/h7-19,29H,6,20-23H2,1-5H3,(H,33,36)/t29-/m0/s1. The van der Waals surface area contributed by atoms with E-state index in [9.17, 15) is 9.59 Å². The molecule has 0 aliphatic heterocycles. The van der Waals surface area contributed by atoms with Crippen LogP contribution in [-0.4, -0.2) is 35.9 Å². The van der Waals surface area contributed by atoms with Crippen LogP contribution in [0.5, 0.6) is 5.75 Å². The van der Waals surface area contributed by atoms with Crippen LogP contribution in [0.1, 0.15) is 56.4 Å². The quantitative estimate of drug-likeness (QED) is 0.360. The predicted molar refractivity (Wildman–Crippen MR) is 150 cm³/mol. The molecular weight excluding hydrogens is 460 g/mol. The van der Waals surface area contributed by atoms with Gasteiger partial charge in [-0.1, -0.05) is 100.0 Å². The zero-order valence-electron chi connectivity index (χ0n) is 22.8. The van der Waals surface area contributed by atoms with Gasteiger partial charge < -0.3 is 15.0 Å². The maximum atomic E-state index is 13.6. The molecule has 1 atom stereocenters. The summed E-state index contributed by atoms with van der Waals surface area (Å²) < 4.78 is 5.91. The van der Waals surface area contributed by atoms with Crippen LogP contribution >= 0.6 is 0 Å². The molecule has 0 aliphatic carbocycles. The van der Waals surface area contributed by atoms with E-state index in [4.69, 9.17) is 4.74 Å². The number of nitrogens with zero attached hydrogens (tertiary/aromatic N) is 1. The molecule has 0 aliphatic rings. The molecule has 0 spiro atoms. The normalized spacial score (nSPS) is 12.0. The van der Waals surface area contributed by atoms with Crippen molar-refractivity contribution in [3.8, 4) is 5.75 Å². The Morgan fingerprint density at radius 3 is 2.14 bits per heavy atom. The van der Waals surface area contributed by atoms with Gasteiger partial charge in [-0.05, 0) is 47.6 Å². The SMILES string of the molecule is CCCNC(=O)[C@H](Cc1ccccc1)N(Cc1ccc(C)cc1)C(=O)COc1ccc(C(C)(C)C)cc1. The van der Waals surface area contributed by atoms with Gasteiger partial charge in [0.05, 0.1) is 0 Å². The third-order valence-corrected chi connectivity index (χ3v) is 6.38. The zero-order valence-corrected chi connectivity index (χ0v) is 22.8. The van der Waals surface area contributed by atoms with Gasteiger partial charge >= 0.3 is 0 Å². The van der Waals surface area contributed by atoms with Crippen LogP contribution in [0.2, 0.25) is 0 Å². The Kier molecular flexibility index (Phi) is 9.90. The first-order valence-corrected chi connectivity index (χ1v) is 13.1. The van der Waals surface area contributed by atoms with Crippen LogP contribution < -0.4 is 10.1 Å². The number of aryl methyl sites for hydroxylation is 1. The van der Waals surface area contributed by atoms with Gasteiger partial charge in [0.1, 0.15) is 11.8 Å². The molecule has 37 heavy (non-hydrogen) atoms. The molecule has 3 aromatic carbocycles. The van der Waals surface area contributed by atoms with Gasteiger partial charge in [0.25, 0.3) is 5.91 Å².